The largest absolute Gasteiger partial charge is 0.463 e. The van der Waals surface area contributed by atoms with Crippen molar-refractivity contribution in [3.05, 3.63) is 17.8 Å². The second kappa shape index (κ2) is 6.66. The maximum atomic E-state index is 5.36. The Morgan fingerprint density at radius 3 is 2.75 bits per heavy atom. The minimum Gasteiger partial charge on any atom is -0.463 e. The Morgan fingerprint density at radius 1 is 1.30 bits per heavy atom. The van der Waals surface area contributed by atoms with E-state index in [2.05, 4.69) is 30.7 Å². The molecule has 108 valence electrons. The summed E-state index contributed by atoms with van der Waals surface area (Å²) >= 11 is 0. The lowest BCUT2D eigenvalue weighted by Gasteiger charge is -2.07. The molecule has 0 amide bonds. The molecular formula is C11H17N7O2. The maximum absolute atomic E-state index is 5.36. The summed E-state index contributed by atoms with van der Waals surface area (Å²) < 4.78 is 10.7. The smallest absolute Gasteiger partial charge is 0.323 e. The van der Waals surface area contributed by atoms with Gasteiger partial charge < -0.3 is 14.5 Å². The van der Waals surface area contributed by atoms with Gasteiger partial charge in [-0.3, -0.25) is 5.43 Å². The van der Waals surface area contributed by atoms with Gasteiger partial charge in [0.2, 0.25) is 17.8 Å². The average Bonchev–Trinajstić information content (AvgIpc) is 2.88. The molecule has 0 saturated carbocycles. The van der Waals surface area contributed by atoms with Crippen LogP contribution in [0.3, 0.4) is 0 Å². The van der Waals surface area contributed by atoms with Crippen LogP contribution in [0.4, 0.5) is 11.9 Å². The Kier molecular flexibility index (Phi) is 4.66. The molecule has 9 heteroatoms. The molecule has 0 fully saturated rings. The molecule has 2 aromatic rings. The molecule has 0 aliphatic carbocycles. The fraction of sp³-hybridized carbons (Fsp3) is 0.455. The molecule has 0 unspecified atom stereocenters. The molecule has 2 heterocycles. The predicted molar refractivity (Wildman–Crippen MR) is 72.0 cm³/mol. The number of oxazole rings is 1. The average molecular weight is 279 g/mol. The Hall–Kier alpha value is -2.42. The van der Waals surface area contributed by atoms with Crippen molar-refractivity contribution in [2.75, 3.05) is 17.3 Å². The molecule has 0 spiro atoms. The highest BCUT2D eigenvalue weighted by atomic mass is 16.5. The zero-order chi connectivity index (χ0) is 14.4. The molecule has 0 aliphatic heterocycles. The number of nitrogens with one attached hydrogen (secondary N) is 2. The number of hydrazine groups is 1. The first-order chi connectivity index (χ1) is 9.71. The summed E-state index contributed by atoms with van der Waals surface area (Å²) in [5, 5.41) is 2.97. The van der Waals surface area contributed by atoms with Crippen LogP contribution >= 0.6 is 0 Å². The minimum absolute atomic E-state index is 0.209. The molecule has 0 aliphatic rings. The first-order valence-corrected chi connectivity index (χ1v) is 6.22. The van der Waals surface area contributed by atoms with E-state index in [-0.39, 0.29) is 12.0 Å². The van der Waals surface area contributed by atoms with E-state index in [9.17, 15) is 0 Å². The summed E-state index contributed by atoms with van der Waals surface area (Å²) in [6.07, 6.45) is 2.50. The summed E-state index contributed by atoms with van der Waals surface area (Å²) in [5.41, 5.74) is 2.37. The second-order valence-electron chi connectivity index (χ2n) is 3.98. The van der Waals surface area contributed by atoms with E-state index in [1.807, 2.05) is 13.8 Å². The van der Waals surface area contributed by atoms with Crippen LogP contribution in [0.25, 0.3) is 0 Å². The van der Waals surface area contributed by atoms with Crippen LogP contribution in [0, 0.1) is 6.92 Å². The van der Waals surface area contributed by atoms with E-state index < -0.39 is 0 Å². The number of ether oxygens (including phenoxy) is 1. The number of anilines is 2. The van der Waals surface area contributed by atoms with Crippen LogP contribution in [-0.4, -0.2) is 26.5 Å². The van der Waals surface area contributed by atoms with Gasteiger partial charge in [0.15, 0.2) is 0 Å². The highest BCUT2D eigenvalue weighted by Crippen LogP contribution is 2.12. The third kappa shape index (κ3) is 3.79. The van der Waals surface area contributed by atoms with Gasteiger partial charge >= 0.3 is 6.01 Å². The summed E-state index contributed by atoms with van der Waals surface area (Å²) in [7, 11) is 0. The van der Waals surface area contributed by atoms with Crippen LogP contribution in [0.15, 0.2) is 10.6 Å². The topological polar surface area (TPSA) is 124 Å². The highest BCUT2D eigenvalue weighted by molar-refractivity contribution is 5.34. The predicted octanol–water partition coefficient (Wildman–Crippen LogP) is 0.855. The summed E-state index contributed by atoms with van der Waals surface area (Å²) in [6.45, 7) is 4.70. The fourth-order valence-electron chi connectivity index (χ4n) is 1.40. The molecule has 0 atom stereocenters. The molecule has 0 bridgehead atoms. The van der Waals surface area contributed by atoms with Gasteiger partial charge in [-0.15, -0.1) is 0 Å². The number of rotatable bonds is 7. The third-order valence-electron chi connectivity index (χ3n) is 2.25. The first-order valence-electron chi connectivity index (χ1n) is 6.22. The monoisotopic (exact) mass is 279 g/mol. The van der Waals surface area contributed by atoms with Crippen molar-refractivity contribution >= 4 is 11.9 Å². The molecule has 0 saturated heterocycles. The van der Waals surface area contributed by atoms with Gasteiger partial charge in [-0.2, -0.15) is 15.0 Å². The van der Waals surface area contributed by atoms with Gasteiger partial charge in [-0.25, -0.2) is 10.8 Å². The fourth-order valence-corrected chi connectivity index (χ4v) is 1.40. The number of aromatic nitrogens is 4. The Labute approximate surface area is 116 Å². The highest BCUT2D eigenvalue weighted by Gasteiger charge is 2.08. The lowest BCUT2D eigenvalue weighted by Crippen LogP contribution is -2.14. The molecule has 20 heavy (non-hydrogen) atoms. The molecule has 0 radical (unpaired) electrons. The van der Waals surface area contributed by atoms with Gasteiger partial charge in [-0.1, -0.05) is 6.92 Å². The molecule has 0 aromatic carbocycles. The zero-order valence-electron chi connectivity index (χ0n) is 11.4. The zero-order valence-corrected chi connectivity index (χ0v) is 11.4. The first kappa shape index (κ1) is 14.0. The maximum Gasteiger partial charge on any atom is 0.323 e. The van der Waals surface area contributed by atoms with Crippen molar-refractivity contribution < 1.29 is 9.15 Å². The van der Waals surface area contributed by atoms with E-state index in [0.29, 0.717) is 25.0 Å². The number of hydrogen-bond donors (Lipinski definition) is 3. The standard InChI is InChI=1S/C11H17N7O2/c1-3-4-19-11-16-9(15-10(17-11)18-12)14-6-8-13-5-7(2)20-8/h5H,3-4,6,12H2,1-2H3,(H2,14,15,16,17,18). The minimum atomic E-state index is 0.209. The van der Waals surface area contributed by atoms with Crippen LogP contribution in [0.2, 0.25) is 0 Å². The van der Waals surface area contributed by atoms with Crippen molar-refractivity contribution in [2.45, 2.75) is 26.8 Å². The number of nitrogens with zero attached hydrogens (tertiary/aromatic N) is 4. The number of aryl methyl sites for hydroxylation is 1. The van der Waals surface area contributed by atoms with Gasteiger partial charge in [0.05, 0.1) is 19.3 Å². The van der Waals surface area contributed by atoms with Crippen LogP contribution < -0.4 is 21.3 Å². The Morgan fingerprint density at radius 2 is 2.10 bits per heavy atom. The Bertz CT molecular complexity index is 557. The molecule has 2 rings (SSSR count). The number of nitrogens with two attached hydrogens (primary N) is 1. The van der Waals surface area contributed by atoms with Gasteiger partial charge in [0, 0.05) is 0 Å². The lowest BCUT2D eigenvalue weighted by molar-refractivity contribution is 0.292. The van der Waals surface area contributed by atoms with E-state index in [1.54, 1.807) is 6.20 Å². The Balaban J connectivity index is 2.05. The number of hydrogen-bond acceptors (Lipinski definition) is 9. The van der Waals surface area contributed by atoms with Crippen LogP contribution in [-0.2, 0) is 6.54 Å². The third-order valence-corrected chi connectivity index (χ3v) is 2.25. The summed E-state index contributed by atoms with van der Waals surface area (Å²) in [4.78, 5) is 16.2. The molecule has 2 aromatic heterocycles. The molecule has 9 nitrogen and oxygen atoms in total. The number of nitrogen functional groups attached to an aromatic ring is 1. The van der Waals surface area contributed by atoms with Gasteiger partial charge in [0.25, 0.3) is 0 Å². The van der Waals surface area contributed by atoms with Crippen LogP contribution in [0.5, 0.6) is 6.01 Å². The second-order valence-corrected chi connectivity index (χ2v) is 3.98. The van der Waals surface area contributed by atoms with Crippen molar-refractivity contribution in [2.24, 2.45) is 5.84 Å². The van der Waals surface area contributed by atoms with Crippen molar-refractivity contribution in [3.8, 4) is 6.01 Å². The van der Waals surface area contributed by atoms with Crippen molar-refractivity contribution in [1.82, 2.24) is 19.9 Å². The van der Waals surface area contributed by atoms with E-state index in [1.165, 1.54) is 0 Å². The van der Waals surface area contributed by atoms with E-state index >= 15 is 0 Å². The quantitative estimate of drug-likeness (QED) is 0.499. The van der Waals surface area contributed by atoms with Gasteiger partial charge in [0.1, 0.15) is 5.76 Å². The van der Waals surface area contributed by atoms with E-state index in [4.69, 9.17) is 15.0 Å². The molecule has 4 N–H and O–H groups in total. The summed E-state index contributed by atoms with van der Waals surface area (Å²) in [6, 6.07) is 0.209. The van der Waals surface area contributed by atoms with E-state index in [0.717, 1.165) is 12.2 Å². The van der Waals surface area contributed by atoms with Gasteiger partial charge in [-0.05, 0) is 13.3 Å². The normalized spacial score (nSPS) is 10.3. The summed E-state index contributed by atoms with van der Waals surface area (Å²) in [5.74, 6) is 7.15. The van der Waals surface area contributed by atoms with Crippen molar-refractivity contribution in [3.63, 3.8) is 0 Å². The molecular weight excluding hydrogens is 262 g/mol. The van der Waals surface area contributed by atoms with Crippen LogP contribution in [0.1, 0.15) is 25.0 Å². The SMILES string of the molecule is CCCOc1nc(NN)nc(NCc2ncc(C)o2)n1. The lowest BCUT2D eigenvalue weighted by atomic mass is 10.5. The van der Waals surface area contributed by atoms with Crippen molar-refractivity contribution in [1.29, 1.82) is 0 Å².